The third-order valence-electron chi connectivity index (χ3n) is 4.78. The summed E-state index contributed by atoms with van der Waals surface area (Å²) in [6.07, 6.45) is 7.50. The first-order valence-electron chi connectivity index (χ1n) is 9.45. The summed E-state index contributed by atoms with van der Waals surface area (Å²) in [4.78, 5) is 21.3. The Morgan fingerprint density at radius 1 is 1.03 bits per heavy atom. The number of fused-ring (bicyclic) bond motifs is 1. The van der Waals surface area contributed by atoms with Crippen LogP contribution in [0.5, 0.6) is 0 Å². The zero-order chi connectivity index (χ0) is 20.3. The smallest absolute Gasteiger partial charge is 0.257 e. The van der Waals surface area contributed by atoms with Gasteiger partial charge in [-0.15, -0.1) is 0 Å². The Morgan fingerprint density at radius 2 is 1.87 bits per heavy atom. The molecular formula is C23H17N5O2. The predicted octanol–water partition coefficient (Wildman–Crippen LogP) is 4.23. The number of nitrogens with one attached hydrogen (secondary N) is 1. The molecule has 1 N–H and O–H groups in total. The summed E-state index contributed by atoms with van der Waals surface area (Å²) in [7, 11) is 0. The van der Waals surface area contributed by atoms with Crippen molar-refractivity contribution in [3.8, 4) is 11.4 Å². The molecule has 0 spiro atoms. The number of para-hydroxylation sites is 1. The maximum atomic E-state index is 12.8. The molecule has 146 valence electrons. The van der Waals surface area contributed by atoms with Gasteiger partial charge >= 0.3 is 0 Å². The third-order valence-corrected chi connectivity index (χ3v) is 4.78. The highest BCUT2D eigenvalue weighted by molar-refractivity contribution is 6.05. The van der Waals surface area contributed by atoms with Crippen molar-refractivity contribution in [2.24, 2.45) is 0 Å². The standard InChI is InChI=1S/C23H17N5O2/c29-23(18-13-19-6-3-4-12-28(19)15-18)25-20-7-2-1-5-17(20)14-21-26-22(27-30-21)16-8-10-24-11-9-16/h1-13,15H,14H2,(H,25,29). The Kier molecular flexibility index (Phi) is 4.53. The molecule has 0 unspecified atom stereocenters. The monoisotopic (exact) mass is 395 g/mol. The van der Waals surface area contributed by atoms with E-state index in [-0.39, 0.29) is 5.91 Å². The lowest BCUT2D eigenvalue weighted by atomic mass is 10.1. The molecule has 1 aromatic carbocycles. The second kappa shape index (κ2) is 7.63. The van der Waals surface area contributed by atoms with E-state index in [9.17, 15) is 4.79 Å². The lowest BCUT2D eigenvalue weighted by Crippen LogP contribution is -2.12. The molecule has 5 aromatic rings. The summed E-state index contributed by atoms with van der Waals surface area (Å²) in [6.45, 7) is 0. The van der Waals surface area contributed by atoms with Gasteiger partial charge in [0.1, 0.15) is 0 Å². The van der Waals surface area contributed by atoms with Crippen LogP contribution < -0.4 is 5.32 Å². The molecule has 0 bridgehead atoms. The van der Waals surface area contributed by atoms with Gasteiger partial charge in [-0.3, -0.25) is 9.78 Å². The number of carbonyl (C=O) groups excluding carboxylic acids is 1. The maximum Gasteiger partial charge on any atom is 0.257 e. The van der Waals surface area contributed by atoms with Crippen LogP contribution in [-0.4, -0.2) is 25.4 Å². The number of hydrogen-bond donors (Lipinski definition) is 1. The van der Waals surface area contributed by atoms with Crippen LogP contribution in [0.2, 0.25) is 0 Å². The van der Waals surface area contributed by atoms with Crippen molar-refractivity contribution in [3.05, 3.63) is 102 Å². The van der Waals surface area contributed by atoms with Gasteiger partial charge < -0.3 is 14.2 Å². The van der Waals surface area contributed by atoms with Crippen LogP contribution in [0, 0.1) is 0 Å². The minimum atomic E-state index is -0.172. The quantitative estimate of drug-likeness (QED) is 0.481. The largest absolute Gasteiger partial charge is 0.339 e. The molecule has 1 amide bonds. The zero-order valence-corrected chi connectivity index (χ0v) is 15.9. The molecule has 5 rings (SSSR count). The summed E-state index contributed by atoms with van der Waals surface area (Å²) < 4.78 is 7.33. The third kappa shape index (κ3) is 3.56. The van der Waals surface area contributed by atoms with Crippen LogP contribution in [0.4, 0.5) is 5.69 Å². The number of aromatic nitrogens is 4. The lowest BCUT2D eigenvalue weighted by Gasteiger charge is -2.09. The fraction of sp³-hybridized carbons (Fsp3) is 0.0435. The van der Waals surface area contributed by atoms with Gasteiger partial charge in [-0.2, -0.15) is 4.98 Å². The molecule has 0 aliphatic heterocycles. The Morgan fingerprint density at radius 3 is 2.73 bits per heavy atom. The lowest BCUT2D eigenvalue weighted by molar-refractivity contribution is 0.102. The van der Waals surface area contributed by atoms with Crippen LogP contribution in [-0.2, 0) is 6.42 Å². The molecule has 0 radical (unpaired) electrons. The molecule has 30 heavy (non-hydrogen) atoms. The second-order valence-electron chi connectivity index (χ2n) is 6.80. The van der Waals surface area contributed by atoms with Crippen LogP contribution in [0.1, 0.15) is 21.8 Å². The SMILES string of the molecule is O=C(Nc1ccccc1Cc1nc(-c2ccncc2)no1)c1cc2ccccn2c1. The fourth-order valence-corrected chi connectivity index (χ4v) is 3.28. The molecule has 0 aliphatic rings. The average molecular weight is 395 g/mol. The number of carbonyl (C=O) groups is 1. The van der Waals surface area contributed by atoms with Crippen LogP contribution in [0.15, 0.2) is 90.0 Å². The van der Waals surface area contributed by atoms with Crippen molar-refractivity contribution >= 4 is 17.1 Å². The molecule has 4 heterocycles. The topological polar surface area (TPSA) is 85.3 Å². The van der Waals surface area contributed by atoms with E-state index in [1.165, 1.54) is 0 Å². The number of anilines is 1. The number of rotatable bonds is 5. The predicted molar refractivity (Wildman–Crippen MR) is 112 cm³/mol. The summed E-state index contributed by atoms with van der Waals surface area (Å²) in [5.41, 5.74) is 3.99. The fourth-order valence-electron chi connectivity index (χ4n) is 3.28. The molecule has 4 aromatic heterocycles. The van der Waals surface area contributed by atoms with Gasteiger partial charge in [0.25, 0.3) is 5.91 Å². The Labute approximate surface area is 172 Å². The van der Waals surface area contributed by atoms with Gasteiger partial charge in [-0.25, -0.2) is 0 Å². The highest BCUT2D eigenvalue weighted by Crippen LogP contribution is 2.22. The average Bonchev–Trinajstić information content (AvgIpc) is 3.43. The van der Waals surface area contributed by atoms with Crippen LogP contribution >= 0.6 is 0 Å². The number of nitrogens with zero attached hydrogens (tertiary/aromatic N) is 4. The van der Waals surface area contributed by atoms with Gasteiger partial charge in [0.05, 0.1) is 12.0 Å². The summed E-state index contributed by atoms with van der Waals surface area (Å²) in [6, 6.07) is 18.9. The van der Waals surface area contributed by atoms with Gasteiger partial charge in [-0.1, -0.05) is 29.4 Å². The molecular weight excluding hydrogens is 378 g/mol. The van der Waals surface area contributed by atoms with Gasteiger partial charge in [0, 0.05) is 41.6 Å². The highest BCUT2D eigenvalue weighted by atomic mass is 16.5. The van der Waals surface area contributed by atoms with E-state index in [1.54, 1.807) is 12.4 Å². The zero-order valence-electron chi connectivity index (χ0n) is 15.9. The summed E-state index contributed by atoms with van der Waals surface area (Å²) in [5, 5.41) is 7.04. The number of amides is 1. The molecule has 0 aliphatic carbocycles. The first kappa shape index (κ1) is 17.8. The minimum absolute atomic E-state index is 0.172. The van der Waals surface area contributed by atoms with E-state index in [2.05, 4.69) is 20.4 Å². The Hall–Kier alpha value is -4.26. The Balaban J connectivity index is 1.37. The Bertz CT molecular complexity index is 1290. The van der Waals surface area contributed by atoms with Crippen molar-refractivity contribution in [3.63, 3.8) is 0 Å². The van der Waals surface area contributed by atoms with Crippen LogP contribution in [0.3, 0.4) is 0 Å². The van der Waals surface area contributed by atoms with E-state index < -0.39 is 0 Å². The molecule has 0 saturated carbocycles. The van der Waals surface area contributed by atoms with Crippen molar-refractivity contribution in [1.82, 2.24) is 19.5 Å². The van der Waals surface area contributed by atoms with E-state index in [0.717, 1.165) is 16.6 Å². The first-order valence-corrected chi connectivity index (χ1v) is 9.45. The van der Waals surface area contributed by atoms with E-state index >= 15 is 0 Å². The normalized spacial score (nSPS) is 10.9. The number of pyridine rings is 2. The summed E-state index contributed by atoms with van der Waals surface area (Å²) >= 11 is 0. The van der Waals surface area contributed by atoms with E-state index in [0.29, 0.717) is 29.4 Å². The molecule has 0 saturated heterocycles. The van der Waals surface area contributed by atoms with Crippen molar-refractivity contribution < 1.29 is 9.32 Å². The highest BCUT2D eigenvalue weighted by Gasteiger charge is 2.14. The minimum Gasteiger partial charge on any atom is -0.339 e. The number of hydrogen-bond acceptors (Lipinski definition) is 5. The van der Waals surface area contributed by atoms with Gasteiger partial charge in [-0.05, 0) is 42.0 Å². The maximum absolute atomic E-state index is 12.8. The second-order valence-corrected chi connectivity index (χ2v) is 6.80. The molecule has 7 heteroatoms. The van der Waals surface area contributed by atoms with Gasteiger partial charge in [0.15, 0.2) is 0 Å². The molecule has 0 atom stereocenters. The van der Waals surface area contributed by atoms with E-state index in [4.69, 9.17) is 4.52 Å². The van der Waals surface area contributed by atoms with Crippen LogP contribution in [0.25, 0.3) is 16.9 Å². The van der Waals surface area contributed by atoms with Gasteiger partial charge in [0.2, 0.25) is 11.7 Å². The molecule has 7 nitrogen and oxygen atoms in total. The molecule has 0 fully saturated rings. The first-order chi connectivity index (χ1) is 14.8. The van der Waals surface area contributed by atoms with Crippen molar-refractivity contribution in [1.29, 1.82) is 0 Å². The van der Waals surface area contributed by atoms with E-state index in [1.807, 2.05) is 77.5 Å². The number of benzene rings is 1. The summed E-state index contributed by atoms with van der Waals surface area (Å²) in [5.74, 6) is 0.807. The van der Waals surface area contributed by atoms with Crippen molar-refractivity contribution in [2.45, 2.75) is 6.42 Å². The van der Waals surface area contributed by atoms with Crippen molar-refractivity contribution in [2.75, 3.05) is 5.32 Å².